The van der Waals surface area contributed by atoms with Crippen LogP contribution in [0.15, 0.2) is 24.5 Å². The van der Waals surface area contributed by atoms with E-state index in [4.69, 9.17) is 0 Å². The van der Waals surface area contributed by atoms with Gasteiger partial charge in [0.2, 0.25) is 0 Å². The van der Waals surface area contributed by atoms with Gasteiger partial charge in [-0.2, -0.15) is 5.10 Å². The zero-order valence-electron chi connectivity index (χ0n) is 17.9. The van der Waals surface area contributed by atoms with Gasteiger partial charge in [0, 0.05) is 25.3 Å². The van der Waals surface area contributed by atoms with Crippen molar-refractivity contribution in [1.29, 1.82) is 0 Å². The van der Waals surface area contributed by atoms with E-state index in [0.717, 1.165) is 25.1 Å². The van der Waals surface area contributed by atoms with Crippen molar-refractivity contribution in [3.63, 3.8) is 0 Å². The molecule has 1 saturated carbocycles. The normalized spacial score (nSPS) is 22.0. The Labute approximate surface area is 173 Å². The Morgan fingerprint density at radius 3 is 2.72 bits per heavy atom. The van der Waals surface area contributed by atoms with Crippen molar-refractivity contribution in [2.45, 2.75) is 76.9 Å². The van der Waals surface area contributed by atoms with Gasteiger partial charge in [0.25, 0.3) is 5.91 Å². The fourth-order valence-electron chi connectivity index (χ4n) is 4.73. The highest BCUT2D eigenvalue weighted by atomic mass is 16.2. The fourth-order valence-corrected chi connectivity index (χ4v) is 4.73. The van der Waals surface area contributed by atoms with E-state index in [0.29, 0.717) is 18.6 Å². The van der Waals surface area contributed by atoms with E-state index in [-0.39, 0.29) is 11.3 Å². The third-order valence-electron chi connectivity index (χ3n) is 6.74. The second-order valence-electron chi connectivity index (χ2n) is 10.0. The van der Waals surface area contributed by atoms with Crippen LogP contribution in [0.4, 0.5) is 0 Å². The maximum Gasteiger partial charge on any atom is 0.257 e. The van der Waals surface area contributed by atoms with Crippen LogP contribution in [-0.2, 0) is 18.4 Å². The highest BCUT2D eigenvalue weighted by Gasteiger charge is 2.31. The molecule has 1 aromatic carbocycles. The Kier molecular flexibility index (Phi) is 4.54. The first-order chi connectivity index (χ1) is 13.9. The van der Waals surface area contributed by atoms with Crippen LogP contribution in [0.1, 0.15) is 91.1 Å². The Bertz CT molecular complexity index is 929. The molecule has 1 N–H and O–H groups in total. The van der Waals surface area contributed by atoms with Crippen molar-refractivity contribution >= 4 is 5.91 Å². The first-order valence-corrected chi connectivity index (χ1v) is 11.1. The van der Waals surface area contributed by atoms with Crippen LogP contribution in [0.2, 0.25) is 0 Å². The summed E-state index contributed by atoms with van der Waals surface area (Å²) in [6.07, 6.45) is 9.39. The number of hydrogen-bond donors (Lipinski definition) is 1. The van der Waals surface area contributed by atoms with E-state index >= 15 is 0 Å². The van der Waals surface area contributed by atoms with Crippen LogP contribution in [0, 0.1) is 0 Å². The first kappa shape index (κ1) is 18.9. The van der Waals surface area contributed by atoms with Crippen LogP contribution < -0.4 is 5.32 Å². The Balaban J connectivity index is 1.45. The molecular formula is C24H32N4O. The quantitative estimate of drug-likeness (QED) is 0.854. The van der Waals surface area contributed by atoms with E-state index in [1.54, 1.807) is 6.20 Å². The number of rotatable bonds is 3. The molecule has 2 aromatic rings. The van der Waals surface area contributed by atoms with Gasteiger partial charge in [0.15, 0.2) is 0 Å². The molecular weight excluding hydrogens is 360 g/mol. The number of nitrogens with one attached hydrogen (secondary N) is 1. The maximum absolute atomic E-state index is 13.2. The van der Waals surface area contributed by atoms with Gasteiger partial charge in [-0.3, -0.25) is 9.48 Å². The summed E-state index contributed by atoms with van der Waals surface area (Å²) >= 11 is 0. The van der Waals surface area contributed by atoms with E-state index in [9.17, 15) is 4.79 Å². The number of benzene rings is 1. The van der Waals surface area contributed by atoms with Crippen LogP contribution in [0.5, 0.6) is 0 Å². The minimum absolute atomic E-state index is 0.118. The van der Waals surface area contributed by atoms with E-state index < -0.39 is 0 Å². The molecule has 0 spiro atoms. The lowest BCUT2D eigenvalue weighted by Crippen LogP contribution is -2.37. The van der Waals surface area contributed by atoms with Gasteiger partial charge in [-0.1, -0.05) is 32.9 Å². The zero-order chi connectivity index (χ0) is 20.2. The van der Waals surface area contributed by atoms with Crippen molar-refractivity contribution in [2.75, 3.05) is 13.1 Å². The van der Waals surface area contributed by atoms with Gasteiger partial charge in [-0.15, -0.1) is 0 Å². The van der Waals surface area contributed by atoms with Gasteiger partial charge >= 0.3 is 0 Å². The summed E-state index contributed by atoms with van der Waals surface area (Å²) in [5.74, 6) is 0.118. The number of aromatic nitrogens is 2. The second-order valence-corrected chi connectivity index (χ2v) is 10.0. The number of fused-ring (bicyclic) bond motifs is 1. The lowest BCUT2D eigenvalue weighted by Gasteiger charge is -2.33. The number of nitrogens with zero attached hydrogens (tertiary/aromatic N) is 3. The molecule has 2 fully saturated rings. The molecule has 3 heterocycles. The predicted molar refractivity (Wildman–Crippen MR) is 114 cm³/mol. The lowest BCUT2D eigenvalue weighted by atomic mass is 9.80. The zero-order valence-corrected chi connectivity index (χ0v) is 17.9. The summed E-state index contributed by atoms with van der Waals surface area (Å²) in [5.41, 5.74) is 6.48. The van der Waals surface area contributed by atoms with Crippen LogP contribution in [0.3, 0.4) is 0 Å². The first-order valence-electron chi connectivity index (χ1n) is 11.1. The van der Waals surface area contributed by atoms with Gasteiger partial charge in [0.05, 0.1) is 17.8 Å². The van der Waals surface area contributed by atoms with Gasteiger partial charge in [-0.05, 0) is 66.3 Å². The summed E-state index contributed by atoms with van der Waals surface area (Å²) in [6.45, 7) is 9.44. The fraction of sp³-hybridized carbons (Fsp3) is 0.583. The number of hydrogen-bond acceptors (Lipinski definition) is 3. The summed E-state index contributed by atoms with van der Waals surface area (Å²) < 4.78 is 1.97. The van der Waals surface area contributed by atoms with Crippen molar-refractivity contribution in [3.05, 3.63) is 52.3 Å². The molecule has 5 heteroatoms. The Morgan fingerprint density at radius 2 is 2.03 bits per heavy atom. The van der Waals surface area contributed by atoms with Gasteiger partial charge in [-0.25, -0.2) is 0 Å². The highest BCUT2D eigenvalue weighted by Crippen LogP contribution is 2.37. The van der Waals surface area contributed by atoms with Crippen LogP contribution >= 0.6 is 0 Å². The minimum Gasteiger partial charge on any atom is -0.334 e. The molecule has 2 aliphatic heterocycles. The topological polar surface area (TPSA) is 50.2 Å². The van der Waals surface area contributed by atoms with Gasteiger partial charge in [0.1, 0.15) is 0 Å². The van der Waals surface area contributed by atoms with Crippen LogP contribution in [-0.4, -0.2) is 33.7 Å². The lowest BCUT2D eigenvalue weighted by molar-refractivity contribution is 0.0733. The molecule has 3 aliphatic rings. The largest absolute Gasteiger partial charge is 0.334 e. The molecule has 5 rings (SSSR count). The molecule has 0 radical (unpaired) electrons. The van der Waals surface area contributed by atoms with Crippen LogP contribution in [0.25, 0.3) is 0 Å². The van der Waals surface area contributed by atoms with E-state index in [2.05, 4.69) is 43.3 Å². The molecule has 0 bridgehead atoms. The minimum atomic E-state index is 0.118. The molecule has 5 nitrogen and oxygen atoms in total. The van der Waals surface area contributed by atoms with E-state index in [1.165, 1.54) is 47.9 Å². The highest BCUT2D eigenvalue weighted by molar-refractivity contribution is 5.94. The smallest absolute Gasteiger partial charge is 0.257 e. The Hall–Kier alpha value is -2.14. The average molecular weight is 393 g/mol. The monoisotopic (exact) mass is 392 g/mol. The summed E-state index contributed by atoms with van der Waals surface area (Å²) in [4.78, 5) is 15.2. The van der Waals surface area contributed by atoms with Crippen molar-refractivity contribution < 1.29 is 4.79 Å². The Morgan fingerprint density at radius 1 is 1.21 bits per heavy atom. The molecule has 29 heavy (non-hydrogen) atoms. The summed E-state index contributed by atoms with van der Waals surface area (Å²) in [5, 5.41) is 8.10. The van der Waals surface area contributed by atoms with Crippen molar-refractivity contribution in [2.24, 2.45) is 0 Å². The molecule has 1 atom stereocenters. The summed E-state index contributed by atoms with van der Waals surface area (Å²) in [7, 11) is 0. The summed E-state index contributed by atoms with van der Waals surface area (Å²) in [6, 6.07) is 5.72. The molecule has 0 unspecified atom stereocenters. The van der Waals surface area contributed by atoms with E-state index in [1.807, 2.05) is 15.8 Å². The number of carbonyl (C=O) groups excluding carboxylic acids is 1. The van der Waals surface area contributed by atoms with Gasteiger partial charge < -0.3 is 10.2 Å². The molecule has 1 aromatic heterocycles. The maximum atomic E-state index is 13.2. The number of amides is 1. The second kappa shape index (κ2) is 6.98. The standard InChI is InChI=1S/C24H32N4O/c1-24(2,3)18-11-16-8-10-27(15-21(16)20(12-18)22-5-4-9-25-22)23(29)17-13-26-28(14-17)19-6-7-19/h11-14,19,22,25H,4-10,15H2,1-3H3/t22-/m0/s1. The molecule has 1 aliphatic carbocycles. The third-order valence-corrected chi connectivity index (χ3v) is 6.74. The SMILES string of the molecule is CC(C)(C)c1cc2c(c([C@@H]3CCCN3)c1)CN(C(=O)c1cnn(C3CC3)c1)CC2. The average Bonchev–Trinajstić information content (AvgIpc) is 3.19. The molecule has 154 valence electrons. The number of carbonyl (C=O) groups is 1. The molecule has 1 saturated heterocycles. The van der Waals surface area contributed by atoms with Crippen molar-refractivity contribution in [1.82, 2.24) is 20.0 Å². The third kappa shape index (κ3) is 3.61. The molecule has 1 amide bonds. The predicted octanol–water partition coefficient (Wildman–Crippen LogP) is 4.14. The van der Waals surface area contributed by atoms with Crippen molar-refractivity contribution in [3.8, 4) is 0 Å².